The molecule has 0 saturated heterocycles. The Hall–Kier alpha value is -2.95. The zero-order chi connectivity index (χ0) is 22.7. The summed E-state index contributed by atoms with van der Waals surface area (Å²) in [5.74, 6) is 10.6. The van der Waals surface area contributed by atoms with Crippen LogP contribution in [0.3, 0.4) is 0 Å². The van der Waals surface area contributed by atoms with Gasteiger partial charge in [-0.2, -0.15) is 13.2 Å². The molecule has 31 heavy (non-hydrogen) atoms. The van der Waals surface area contributed by atoms with Gasteiger partial charge in [-0.25, -0.2) is 0 Å². The Balaban J connectivity index is 2.36. The number of unbranched alkanes of at least 4 members (excludes halogenated alkanes) is 1. The lowest BCUT2D eigenvalue weighted by Crippen LogP contribution is -2.22. The summed E-state index contributed by atoms with van der Waals surface area (Å²) < 4.78 is 47.3. The molecule has 0 aliphatic heterocycles. The maximum absolute atomic E-state index is 13.8. The predicted octanol–water partition coefficient (Wildman–Crippen LogP) is 7.09. The van der Waals surface area contributed by atoms with Gasteiger partial charge >= 0.3 is 6.18 Å². The maximum Gasteiger partial charge on any atom is 0.425 e. The lowest BCUT2D eigenvalue weighted by Gasteiger charge is -2.19. The van der Waals surface area contributed by atoms with Crippen LogP contribution in [-0.2, 0) is 11.3 Å². The summed E-state index contributed by atoms with van der Waals surface area (Å²) in [6.07, 6.45) is -3.00. The number of benzene rings is 2. The van der Waals surface area contributed by atoms with Crippen molar-refractivity contribution >= 4 is 0 Å². The molecule has 2 rings (SSSR count). The molecule has 0 N–H and O–H groups in total. The van der Waals surface area contributed by atoms with Crippen LogP contribution in [-0.4, -0.2) is 11.8 Å². The molecule has 2 aromatic carbocycles. The highest BCUT2D eigenvalue weighted by Crippen LogP contribution is 2.30. The Morgan fingerprint density at radius 2 is 1.52 bits per heavy atom. The molecule has 0 atom stereocenters. The quantitative estimate of drug-likeness (QED) is 0.450. The molecular weight excluding hydrogens is 397 g/mol. The van der Waals surface area contributed by atoms with E-state index in [9.17, 15) is 13.2 Å². The first-order chi connectivity index (χ1) is 14.7. The Bertz CT molecular complexity index is 979. The van der Waals surface area contributed by atoms with Crippen molar-refractivity contribution in [3.8, 4) is 23.7 Å². The smallest absolute Gasteiger partial charge is 0.358 e. The fourth-order valence-corrected chi connectivity index (χ4v) is 2.68. The van der Waals surface area contributed by atoms with Gasteiger partial charge in [0.2, 0.25) is 0 Å². The maximum atomic E-state index is 13.8. The van der Waals surface area contributed by atoms with Crippen molar-refractivity contribution in [1.82, 2.24) is 0 Å². The number of hydrogen-bond acceptors (Lipinski definition) is 1. The molecule has 0 aromatic heterocycles. The van der Waals surface area contributed by atoms with E-state index < -0.39 is 17.4 Å². The van der Waals surface area contributed by atoms with Gasteiger partial charge in [0.25, 0.3) is 0 Å². The molecule has 0 unspecified atom stereocenters. The molecule has 0 amide bonds. The third kappa shape index (κ3) is 8.75. The molecule has 2 aromatic rings. The predicted molar refractivity (Wildman–Crippen MR) is 119 cm³/mol. The highest BCUT2D eigenvalue weighted by molar-refractivity contribution is 5.49. The van der Waals surface area contributed by atoms with Crippen molar-refractivity contribution in [3.05, 3.63) is 82.9 Å². The van der Waals surface area contributed by atoms with Gasteiger partial charge in [-0.3, -0.25) is 0 Å². The zero-order valence-electron chi connectivity index (χ0n) is 18.1. The van der Waals surface area contributed by atoms with Gasteiger partial charge < -0.3 is 4.74 Å². The first-order valence-electron chi connectivity index (χ1n) is 10.3. The largest absolute Gasteiger partial charge is 0.425 e. The minimum absolute atomic E-state index is 0.00849. The van der Waals surface area contributed by atoms with E-state index in [2.05, 4.69) is 23.7 Å². The van der Waals surface area contributed by atoms with Crippen LogP contribution in [0.2, 0.25) is 0 Å². The van der Waals surface area contributed by atoms with E-state index in [0.29, 0.717) is 18.6 Å². The van der Waals surface area contributed by atoms with Crippen LogP contribution in [0.4, 0.5) is 13.2 Å². The van der Waals surface area contributed by atoms with E-state index in [1.165, 1.54) is 0 Å². The van der Waals surface area contributed by atoms with Gasteiger partial charge in [0, 0.05) is 11.1 Å². The van der Waals surface area contributed by atoms with Crippen molar-refractivity contribution in [3.63, 3.8) is 0 Å². The normalized spacial score (nSPS) is 12.2. The van der Waals surface area contributed by atoms with E-state index in [1.807, 2.05) is 37.3 Å². The Kier molecular flexibility index (Phi) is 8.98. The average Bonchev–Trinajstić information content (AvgIpc) is 2.74. The molecule has 0 bridgehead atoms. The minimum Gasteiger partial charge on any atom is -0.358 e. The highest BCUT2D eigenvalue weighted by atomic mass is 19.4. The van der Waals surface area contributed by atoms with Crippen LogP contribution in [0.15, 0.2) is 71.8 Å². The topological polar surface area (TPSA) is 9.23 Å². The standard InChI is InChI=1S/C27H27F3O/c1-4-5-16-24(19-20-26(2,3)31-21-23-14-10-7-11-15-23)25(27(28,29)30)18-17-22-12-8-6-9-13-22/h6-15H,4-5,16,21H2,1-3H3/b25-24+. The molecule has 0 radical (unpaired) electrons. The van der Waals surface area contributed by atoms with Gasteiger partial charge in [0.1, 0.15) is 11.2 Å². The van der Waals surface area contributed by atoms with Crippen LogP contribution in [0.5, 0.6) is 0 Å². The van der Waals surface area contributed by atoms with E-state index in [0.717, 1.165) is 12.0 Å². The number of allylic oxidation sites excluding steroid dienone is 2. The lowest BCUT2D eigenvalue weighted by atomic mass is 10.00. The Labute approximate surface area is 183 Å². The number of halogens is 3. The molecule has 0 heterocycles. The van der Waals surface area contributed by atoms with E-state index in [4.69, 9.17) is 4.74 Å². The first-order valence-corrected chi connectivity index (χ1v) is 10.3. The summed E-state index contributed by atoms with van der Waals surface area (Å²) in [4.78, 5) is 0. The summed E-state index contributed by atoms with van der Waals surface area (Å²) in [6.45, 7) is 5.77. The van der Waals surface area contributed by atoms with Crippen LogP contribution < -0.4 is 0 Å². The molecule has 0 fully saturated rings. The second-order valence-electron chi connectivity index (χ2n) is 7.61. The zero-order valence-corrected chi connectivity index (χ0v) is 18.1. The van der Waals surface area contributed by atoms with Gasteiger partial charge in [0.15, 0.2) is 0 Å². The summed E-state index contributed by atoms with van der Waals surface area (Å²) in [6, 6.07) is 18.2. The van der Waals surface area contributed by atoms with E-state index in [1.54, 1.807) is 44.2 Å². The Morgan fingerprint density at radius 3 is 2.10 bits per heavy atom. The fraction of sp³-hybridized carbons (Fsp3) is 0.333. The van der Waals surface area contributed by atoms with Gasteiger partial charge in [-0.1, -0.05) is 85.6 Å². The fourth-order valence-electron chi connectivity index (χ4n) is 2.68. The lowest BCUT2D eigenvalue weighted by molar-refractivity contribution is -0.0878. The molecule has 1 nitrogen and oxygen atoms in total. The van der Waals surface area contributed by atoms with Crippen molar-refractivity contribution in [2.24, 2.45) is 0 Å². The minimum atomic E-state index is -4.57. The van der Waals surface area contributed by atoms with E-state index >= 15 is 0 Å². The summed E-state index contributed by atoms with van der Waals surface area (Å²) in [5, 5.41) is 0. The van der Waals surface area contributed by atoms with Gasteiger partial charge in [-0.05, 0) is 44.4 Å². The van der Waals surface area contributed by atoms with Crippen LogP contribution >= 0.6 is 0 Å². The third-order valence-electron chi connectivity index (χ3n) is 4.43. The number of alkyl halides is 3. The van der Waals surface area contributed by atoms with Gasteiger partial charge in [0.05, 0.1) is 6.61 Å². The summed E-state index contributed by atoms with van der Waals surface area (Å²) in [7, 11) is 0. The van der Waals surface area contributed by atoms with Crippen LogP contribution in [0, 0.1) is 23.7 Å². The van der Waals surface area contributed by atoms with Crippen LogP contribution in [0.1, 0.15) is 51.2 Å². The molecule has 0 spiro atoms. The van der Waals surface area contributed by atoms with Crippen molar-refractivity contribution < 1.29 is 17.9 Å². The van der Waals surface area contributed by atoms with Crippen LogP contribution in [0.25, 0.3) is 0 Å². The monoisotopic (exact) mass is 424 g/mol. The summed E-state index contributed by atoms with van der Waals surface area (Å²) in [5.41, 5.74) is -0.274. The number of rotatable bonds is 6. The average molecular weight is 425 g/mol. The highest BCUT2D eigenvalue weighted by Gasteiger charge is 2.35. The van der Waals surface area contributed by atoms with E-state index in [-0.39, 0.29) is 12.0 Å². The van der Waals surface area contributed by atoms with Gasteiger partial charge in [-0.15, -0.1) is 0 Å². The van der Waals surface area contributed by atoms with Crippen molar-refractivity contribution in [2.45, 2.75) is 58.4 Å². The molecule has 4 heteroatoms. The molecule has 0 aliphatic carbocycles. The van der Waals surface area contributed by atoms with Crippen molar-refractivity contribution in [2.75, 3.05) is 0 Å². The number of hydrogen-bond donors (Lipinski definition) is 0. The number of ether oxygens (including phenoxy) is 1. The SMILES string of the molecule is CCCC/C(C#CC(C)(C)OCc1ccccc1)=C(/C#Cc1ccccc1)C(F)(F)F. The second-order valence-corrected chi connectivity index (χ2v) is 7.61. The summed E-state index contributed by atoms with van der Waals surface area (Å²) >= 11 is 0. The first kappa shape index (κ1) is 24.3. The van der Waals surface area contributed by atoms with Crippen molar-refractivity contribution in [1.29, 1.82) is 0 Å². The molecular formula is C27H27F3O. The molecule has 0 saturated carbocycles. The third-order valence-corrected chi connectivity index (χ3v) is 4.43. The molecule has 162 valence electrons. The molecule has 0 aliphatic rings. The second kappa shape index (κ2) is 11.4. The Morgan fingerprint density at radius 1 is 0.903 bits per heavy atom.